The van der Waals surface area contributed by atoms with Crippen molar-refractivity contribution in [2.75, 3.05) is 6.54 Å². The number of imidazole rings is 1. The van der Waals surface area contributed by atoms with E-state index in [1.54, 1.807) is 0 Å². The molecule has 3 rings (SSSR count). The van der Waals surface area contributed by atoms with E-state index >= 15 is 0 Å². The molecule has 1 aromatic heterocycles. The Balaban J connectivity index is 1.59. The molecule has 0 radical (unpaired) electrons. The zero-order chi connectivity index (χ0) is 14.7. The summed E-state index contributed by atoms with van der Waals surface area (Å²) in [5.74, 6) is 0. The Hall–Kier alpha value is -1.65. The van der Waals surface area contributed by atoms with Gasteiger partial charge in [0.15, 0.2) is 0 Å². The molecule has 0 bridgehead atoms. The lowest BCUT2D eigenvalue weighted by atomic mass is 10.1. The standard InChI is InChI=1S/C17H18BrN3/c1-13(14-6-8-15(18)9-7-14)19-10-11-21-12-20-16-4-2-3-5-17(16)21/h2-9,12-13,19H,10-11H2,1H3/t13-/m0/s1. The van der Waals surface area contributed by atoms with E-state index in [1.807, 2.05) is 18.5 Å². The molecule has 0 unspecified atom stereocenters. The second-order valence-corrected chi connectivity index (χ2v) is 6.07. The van der Waals surface area contributed by atoms with Crippen molar-refractivity contribution in [1.29, 1.82) is 0 Å². The molecule has 0 fully saturated rings. The average molecular weight is 344 g/mol. The van der Waals surface area contributed by atoms with Crippen LogP contribution in [0, 0.1) is 0 Å². The fourth-order valence-corrected chi connectivity index (χ4v) is 2.72. The lowest BCUT2D eigenvalue weighted by Gasteiger charge is -2.15. The Morgan fingerprint density at radius 1 is 1.14 bits per heavy atom. The lowest BCUT2D eigenvalue weighted by Crippen LogP contribution is -2.23. The van der Waals surface area contributed by atoms with Crippen LogP contribution < -0.4 is 5.32 Å². The Morgan fingerprint density at radius 2 is 1.90 bits per heavy atom. The van der Waals surface area contributed by atoms with Crippen molar-refractivity contribution in [1.82, 2.24) is 14.9 Å². The zero-order valence-corrected chi connectivity index (χ0v) is 13.5. The van der Waals surface area contributed by atoms with E-state index in [0.717, 1.165) is 23.1 Å². The molecule has 0 saturated carbocycles. The molecule has 1 heterocycles. The van der Waals surface area contributed by atoms with Gasteiger partial charge in [0.05, 0.1) is 17.4 Å². The van der Waals surface area contributed by atoms with Crippen LogP contribution >= 0.6 is 15.9 Å². The quantitative estimate of drug-likeness (QED) is 0.754. The fraction of sp³-hybridized carbons (Fsp3) is 0.235. The number of aromatic nitrogens is 2. The molecule has 3 nitrogen and oxygen atoms in total. The number of fused-ring (bicyclic) bond motifs is 1. The predicted octanol–water partition coefficient (Wildman–Crippen LogP) is 4.15. The van der Waals surface area contributed by atoms with Crippen LogP contribution in [0.2, 0.25) is 0 Å². The van der Waals surface area contributed by atoms with Crippen molar-refractivity contribution in [2.24, 2.45) is 0 Å². The van der Waals surface area contributed by atoms with E-state index in [-0.39, 0.29) is 0 Å². The molecular weight excluding hydrogens is 326 g/mol. The summed E-state index contributed by atoms with van der Waals surface area (Å²) in [4.78, 5) is 4.41. The lowest BCUT2D eigenvalue weighted by molar-refractivity contribution is 0.536. The van der Waals surface area contributed by atoms with Crippen LogP contribution in [0.15, 0.2) is 59.3 Å². The summed E-state index contributed by atoms with van der Waals surface area (Å²) in [6.07, 6.45) is 1.91. The summed E-state index contributed by atoms with van der Waals surface area (Å²) in [7, 11) is 0. The van der Waals surface area contributed by atoms with Gasteiger partial charge >= 0.3 is 0 Å². The first-order valence-electron chi connectivity index (χ1n) is 7.13. The molecule has 3 aromatic rings. The minimum atomic E-state index is 0.341. The highest BCUT2D eigenvalue weighted by molar-refractivity contribution is 9.10. The molecule has 0 spiro atoms. The number of nitrogens with zero attached hydrogens (tertiary/aromatic N) is 2. The van der Waals surface area contributed by atoms with E-state index in [9.17, 15) is 0 Å². The number of benzene rings is 2. The topological polar surface area (TPSA) is 29.9 Å². The molecule has 0 amide bonds. The number of rotatable bonds is 5. The third kappa shape index (κ3) is 3.34. The van der Waals surface area contributed by atoms with Crippen LogP contribution in [0.3, 0.4) is 0 Å². The number of halogens is 1. The van der Waals surface area contributed by atoms with Gasteiger partial charge in [-0.3, -0.25) is 0 Å². The highest BCUT2D eigenvalue weighted by Gasteiger charge is 2.05. The summed E-state index contributed by atoms with van der Waals surface area (Å²) >= 11 is 3.47. The molecule has 2 aromatic carbocycles. The first-order chi connectivity index (χ1) is 10.2. The van der Waals surface area contributed by atoms with Gasteiger partial charge in [0.1, 0.15) is 0 Å². The second-order valence-electron chi connectivity index (χ2n) is 5.15. The van der Waals surface area contributed by atoms with E-state index < -0.39 is 0 Å². The van der Waals surface area contributed by atoms with E-state index in [2.05, 4.69) is 74.1 Å². The van der Waals surface area contributed by atoms with E-state index in [0.29, 0.717) is 6.04 Å². The normalized spacial score (nSPS) is 12.7. The average Bonchev–Trinajstić information content (AvgIpc) is 2.91. The second kappa shape index (κ2) is 6.41. The van der Waals surface area contributed by atoms with Gasteiger partial charge in [-0.1, -0.05) is 40.2 Å². The van der Waals surface area contributed by atoms with Crippen LogP contribution in [0.4, 0.5) is 0 Å². The van der Waals surface area contributed by atoms with Gasteiger partial charge in [-0.25, -0.2) is 4.98 Å². The van der Waals surface area contributed by atoms with Gasteiger partial charge < -0.3 is 9.88 Å². The Kier molecular flexibility index (Phi) is 4.36. The monoisotopic (exact) mass is 343 g/mol. The minimum Gasteiger partial charge on any atom is -0.329 e. The molecule has 0 aliphatic carbocycles. The summed E-state index contributed by atoms with van der Waals surface area (Å²) < 4.78 is 3.31. The van der Waals surface area contributed by atoms with Crippen LogP contribution in [-0.4, -0.2) is 16.1 Å². The highest BCUT2D eigenvalue weighted by Crippen LogP contribution is 2.16. The van der Waals surface area contributed by atoms with Crippen molar-refractivity contribution >= 4 is 27.0 Å². The van der Waals surface area contributed by atoms with Crippen LogP contribution in [0.1, 0.15) is 18.5 Å². The van der Waals surface area contributed by atoms with E-state index in [4.69, 9.17) is 0 Å². The molecule has 0 aliphatic rings. The summed E-state index contributed by atoms with van der Waals surface area (Å²) in [6.45, 7) is 4.02. The largest absolute Gasteiger partial charge is 0.329 e. The van der Waals surface area contributed by atoms with Gasteiger partial charge in [0.25, 0.3) is 0 Å². The van der Waals surface area contributed by atoms with Gasteiger partial charge in [0, 0.05) is 23.6 Å². The Bertz CT molecular complexity index is 718. The first kappa shape index (κ1) is 14.3. The molecule has 1 atom stereocenters. The molecule has 4 heteroatoms. The van der Waals surface area contributed by atoms with Gasteiger partial charge in [-0.15, -0.1) is 0 Å². The maximum absolute atomic E-state index is 4.41. The zero-order valence-electron chi connectivity index (χ0n) is 12.0. The maximum Gasteiger partial charge on any atom is 0.0958 e. The van der Waals surface area contributed by atoms with Gasteiger partial charge in [-0.2, -0.15) is 0 Å². The third-order valence-electron chi connectivity index (χ3n) is 3.70. The minimum absolute atomic E-state index is 0.341. The van der Waals surface area contributed by atoms with E-state index in [1.165, 1.54) is 11.1 Å². The first-order valence-corrected chi connectivity index (χ1v) is 7.92. The van der Waals surface area contributed by atoms with Crippen molar-refractivity contribution in [3.05, 3.63) is 64.9 Å². The fourth-order valence-electron chi connectivity index (χ4n) is 2.46. The van der Waals surface area contributed by atoms with Crippen LogP contribution in [-0.2, 0) is 6.54 Å². The van der Waals surface area contributed by atoms with Gasteiger partial charge in [-0.05, 0) is 36.8 Å². The SMILES string of the molecule is C[C@H](NCCn1cnc2ccccc21)c1ccc(Br)cc1. The molecule has 0 aliphatic heterocycles. The molecule has 21 heavy (non-hydrogen) atoms. The summed E-state index contributed by atoms with van der Waals surface area (Å²) in [5.41, 5.74) is 3.54. The smallest absolute Gasteiger partial charge is 0.0958 e. The van der Waals surface area contributed by atoms with Gasteiger partial charge in [0.2, 0.25) is 0 Å². The maximum atomic E-state index is 4.41. The van der Waals surface area contributed by atoms with Crippen molar-refractivity contribution in [2.45, 2.75) is 19.5 Å². The van der Waals surface area contributed by atoms with Crippen molar-refractivity contribution in [3.8, 4) is 0 Å². The summed E-state index contributed by atoms with van der Waals surface area (Å²) in [5, 5.41) is 3.56. The van der Waals surface area contributed by atoms with Crippen molar-refractivity contribution in [3.63, 3.8) is 0 Å². The number of hydrogen-bond acceptors (Lipinski definition) is 2. The number of nitrogens with one attached hydrogen (secondary N) is 1. The molecule has 0 saturated heterocycles. The summed E-state index contributed by atoms with van der Waals surface area (Å²) in [6, 6.07) is 17.0. The number of para-hydroxylation sites is 2. The Morgan fingerprint density at radius 3 is 2.71 bits per heavy atom. The molecule has 108 valence electrons. The van der Waals surface area contributed by atoms with Crippen LogP contribution in [0.5, 0.6) is 0 Å². The third-order valence-corrected chi connectivity index (χ3v) is 4.23. The highest BCUT2D eigenvalue weighted by atomic mass is 79.9. The van der Waals surface area contributed by atoms with Crippen molar-refractivity contribution < 1.29 is 0 Å². The molecular formula is C17H18BrN3. The van der Waals surface area contributed by atoms with Crippen LogP contribution in [0.25, 0.3) is 11.0 Å². The predicted molar refractivity (Wildman–Crippen MR) is 90.3 cm³/mol. The number of hydrogen-bond donors (Lipinski definition) is 1. The molecule has 1 N–H and O–H groups in total. The Labute approximate surface area is 133 Å².